The number of ether oxygens (including phenoxy) is 6. The number of ketones is 2. The molecule has 6 atom stereocenters. The zero-order chi connectivity index (χ0) is 31.9. The molecule has 0 bridgehead atoms. The van der Waals surface area contributed by atoms with Gasteiger partial charge in [-0.2, -0.15) is 0 Å². The van der Waals surface area contributed by atoms with E-state index in [1.165, 1.54) is 14.2 Å². The number of cyclic esters (lactones) is 2. The number of methoxy groups -OCH3 is 2. The normalized spacial score (nSPS) is 31.1. The third-order valence-corrected chi connectivity index (χ3v) is 9.18. The number of benzene rings is 2. The van der Waals surface area contributed by atoms with Gasteiger partial charge in [0.1, 0.15) is 46.3 Å². The maximum Gasteiger partial charge on any atom is 0.309 e. The van der Waals surface area contributed by atoms with E-state index in [1.54, 1.807) is 39.8 Å². The molecule has 0 radical (unpaired) electrons. The van der Waals surface area contributed by atoms with E-state index in [0.29, 0.717) is 11.1 Å². The predicted molar refractivity (Wildman–Crippen MR) is 151 cm³/mol. The van der Waals surface area contributed by atoms with Gasteiger partial charge < -0.3 is 38.6 Å². The van der Waals surface area contributed by atoms with Crippen LogP contribution in [0.4, 0.5) is 0 Å². The standard InChI is InChI=1S/C32H34O12/c1-13-7-17-25(15(33)11-31(3,43-17)29-19(39-5)9-21(35)41-29)27(37)23(13)24-14(2)8-18-26(28(24)38)16(34)12-32(4,44-18)30-20(40-6)10-22(36)42-30/h7-8,19-20,29-30,37-38H,9-12H2,1-6H3/t19-,20-,29-,30-,31-,32-/m0/s1. The predicted octanol–water partition coefficient (Wildman–Crippen LogP) is 3.49. The summed E-state index contributed by atoms with van der Waals surface area (Å²) < 4.78 is 34.3. The summed E-state index contributed by atoms with van der Waals surface area (Å²) in [7, 11) is 2.90. The van der Waals surface area contributed by atoms with Gasteiger partial charge in [0.15, 0.2) is 35.0 Å². The number of fused-ring (bicyclic) bond motifs is 2. The number of rotatable bonds is 5. The minimum absolute atomic E-state index is 0.0294. The van der Waals surface area contributed by atoms with Crippen molar-refractivity contribution in [1.29, 1.82) is 0 Å². The number of aromatic hydroxyl groups is 2. The van der Waals surface area contributed by atoms with E-state index in [4.69, 9.17) is 28.4 Å². The van der Waals surface area contributed by atoms with Crippen molar-refractivity contribution in [2.75, 3.05) is 14.2 Å². The van der Waals surface area contributed by atoms with E-state index in [9.17, 15) is 29.4 Å². The van der Waals surface area contributed by atoms with Crippen LogP contribution in [0.3, 0.4) is 0 Å². The zero-order valence-electron chi connectivity index (χ0n) is 25.3. The minimum atomic E-state index is -1.24. The van der Waals surface area contributed by atoms with E-state index in [1.807, 2.05) is 0 Å². The Morgan fingerprint density at radius 2 is 1.05 bits per heavy atom. The molecule has 12 nitrogen and oxygen atoms in total. The van der Waals surface area contributed by atoms with Crippen molar-refractivity contribution in [1.82, 2.24) is 0 Å². The van der Waals surface area contributed by atoms with Gasteiger partial charge in [-0.25, -0.2) is 0 Å². The molecule has 4 heterocycles. The second-order valence-electron chi connectivity index (χ2n) is 12.4. The van der Waals surface area contributed by atoms with E-state index in [-0.39, 0.29) is 59.4 Å². The van der Waals surface area contributed by atoms with Crippen LogP contribution in [0.25, 0.3) is 11.1 Å². The molecule has 0 saturated carbocycles. The van der Waals surface area contributed by atoms with Crippen LogP contribution in [0.2, 0.25) is 0 Å². The topological polar surface area (TPSA) is 164 Å². The molecule has 0 aliphatic carbocycles. The van der Waals surface area contributed by atoms with Gasteiger partial charge in [-0.1, -0.05) is 0 Å². The number of carbonyl (C=O) groups excluding carboxylic acids is 4. The van der Waals surface area contributed by atoms with Crippen molar-refractivity contribution in [3.63, 3.8) is 0 Å². The molecule has 0 aromatic heterocycles. The quantitative estimate of drug-likeness (QED) is 0.475. The number of hydrogen-bond donors (Lipinski definition) is 2. The van der Waals surface area contributed by atoms with Crippen molar-refractivity contribution in [2.24, 2.45) is 0 Å². The number of esters is 2. The molecule has 0 amide bonds. The molecule has 4 aliphatic rings. The highest BCUT2D eigenvalue weighted by Crippen LogP contribution is 2.53. The van der Waals surface area contributed by atoms with Gasteiger partial charge in [-0.05, 0) is 51.0 Å². The molecular weight excluding hydrogens is 576 g/mol. The summed E-state index contributed by atoms with van der Waals surface area (Å²) in [6.45, 7) is 6.67. The van der Waals surface area contributed by atoms with Crippen LogP contribution in [-0.2, 0) is 28.5 Å². The van der Waals surface area contributed by atoms with Crippen LogP contribution >= 0.6 is 0 Å². The molecule has 44 heavy (non-hydrogen) atoms. The lowest BCUT2D eigenvalue weighted by Crippen LogP contribution is -2.53. The molecule has 2 saturated heterocycles. The third-order valence-electron chi connectivity index (χ3n) is 9.18. The first-order valence-corrected chi connectivity index (χ1v) is 14.3. The van der Waals surface area contributed by atoms with Crippen molar-refractivity contribution < 1.29 is 57.8 Å². The minimum Gasteiger partial charge on any atom is -0.506 e. The van der Waals surface area contributed by atoms with E-state index >= 15 is 0 Å². The van der Waals surface area contributed by atoms with E-state index < -0.39 is 70.6 Å². The van der Waals surface area contributed by atoms with Gasteiger partial charge in [-0.3, -0.25) is 19.2 Å². The van der Waals surface area contributed by atoms with Crippen molar-refractivity contribution in [3.05, 3.63) is 34.4 Å². The summed E-state index contributed by atoms with van der Waals surface area (Å²) >= 11 is 0. The van der Waals surface area contributed by atoms with Crippen LogP contribution in [0.15, 0.2) is 12.1 Å². The van der Waals surface area contributed by atoms with Crippen molar-refractivity contribution >= 4 is 23.5 Å². The summed E-state index contributed by atoms with van der Waals surface area (Å²) in [6.07, 6.45) is -3.24. The molecule has 2 N–H and O–H groups in total. The highest BCUT2D eigenvalue weighted by atomic mass is 16.6. The molecule has 0 spiro atoms. The lowest BCUT2D eigenvalue weighted by molar-refractivity contribution is -0.154. The number of hydrogen-bond acceptors (Lipinski definition) is 12. The Balaban J connectivity index is 1.40. The Bertz CT molecular complexity index is 1510. The van der Waals surface area contributed by atoms with Gasteiger partial charge in [0, 0.05) is 25.3 Å². The average Bonchev–Trinajstić information content (AvgIpc) is 3.52. The van der Waals surface area contributed by atoms with E-state index in [2.05, 4.69) is 0 Å². The Morgan fingerprint density at radius 3 is 1.39 bits per heavy atom. The first kappa shape index (κ1) is 29.9. The van der Waals surface area contributed by atoms with Crippen LogP contribution in [-0.4, -0.2) is 83.6 Å². The smallest absolute Gasteiger partial charge is 0.309 e. The van der Waals surface area contributed by atoms with Crippen LogP contribution in [0, 0.1) is 13.8 Å². The lowest BCUT2D eigenvalue weighted by Gasteiger charge is -2.40. The highest BCUT2D eigenvalue weighted by molar-refractivity contribution is 6.08. The molecule has 0 unspecified atom stereocenters. The van der Waals surface area contributed by atoms with Gasteiger partial charge >= 0.3 is 11.9 Å². The van der Waals surface area contributed by atoms with Gasteiger partial charge in [0.2, 0.25) is 0 Å². The molecule has 4 aliphatic heterocycles. The Labute approximate surface area is 253 Å². The molecule has 2 aromatic carbocycles. The number of phenols is 2. The van der Waals surface area contributed by atoms with E-state index in [0.717, 1.165) is 0 Å². The largest absolute Gasteiger partial charge is 0.506 e. The van der Waals surface area contributed by atoms with Crippen LogP contribution in [0.5, 0.6) is 23.0 Å². The summed E-state index contributed by atoms with van der Waals surface area (Å²) in [6, 6.07) is 3.15. The molecule has 12 heteroatoms. The third kappa shape index (κ3) is 4.42. The fourth-order valence-corrected chi connectivity index (χ4v) is 7.10. The van der Waals surface area contributed by atoms with Gasteiger partial charge in [0.25, 0.3) is 0 Å². The number of aryl methyl sites for hydroxylation is 2. The first-order valence-electron chi connectivity index (χ1n) is 14.3. The lowest BCUT2D eigenvalue weighted by atomic mass is 9.81. The molecule has 234 valence electrons. The molecule has 2 aromatic rings. The Hall–Kier alpha value is -4.16. The van der Waals surface area contributed by atoms with Crippen molar-refractivity contribution in [2.45, 2.75) is 89.0 Å². The first-order chi connectivity index (χ1) is 20.7. The maximum atomic E-state index is 13.6. The summed E-state index contributed by atoms with van der Waals surface area (Å²) in [5, 5.41) is 23.1. The fourth-order valence-electron chi connectivity index (χ4n) is 7.10. The fraction of sp³-hybridized carbons (Fsp3) is 0.500. The molecule has 6 rings (SSSR count). The summed E-state index contributed by atoms with van der Waals surface area (Å²) in [4.78, 5) is 51.2. The second-order valence-corrected chi connectivity index (χ2v) is 12.4. The van der Waals surface area contributed by atoms with Crippen LogP contribution < -0.4 is 9.47 Å². The number of Topliss-reactive ketones (excluding diaryl/α,β-unsaturated/α-hetero) is 2. The van der Waals surface area contributed by atoms with Gasteiger partial charge in [0.05, 0.1) is 25.7 Å². The number of phenolic OH excluding ortho intramolecular Hbond substituents is 2. The van der Waals surface area contributed by atoms with Crippen molar-refractivity contribution in [3.8, 4) is 34.1 Å². The molecular formula is C32H34O12. The van der Waals surface area contributed by atoms with Crippen LogP contribution in [0.1, 0.15) is 71.4 Å². The Kier molecular flexibility index (Phi) is 6.93. The second kappa shape index (κ2) is 10.2. The van der Waals surface area contributed by atoms with Gasteiger partial charge in [-0.15, -0.1) is 0 Å². The summed E-state index contributed by atoms with van der Waals surface area (Å²) in [5.41, 5.74) is -1.41. The average molecular weight is 611 g/mol. The Morgan fingerprint density at radius 1 is 0.682 bits per heavy atom. The molecule has 2 fully saturated rings. The number of carbonyl (C=O) groups is 4. The zero-order valence-corrected chi connectivity index (χ0v) is 25.3. The maximum absolute atomic E-state index is 13.6. The summed E-state index contributed by atoms with van der Waals surface area (Å²) in [5.74, 6) is -2.44. The monoisotopic (exact) mass is 610 g/mol. The SMILES string of the molecule is CO[C@H]1CC(=O)O[C@@H]1[C@]1(C)CC(=O)c2c(cc(C)c(-c3c(C)cc4c(c3O)C(=O)C[C@@](C)([C@H]3OC(=O)C[C@@H]3OC)O4)c2O)O1. The highest BCUT2D eigenvalue weighted by Gasteiger charge is 2.55.